The van der Waals surface area contributed by atoms with Gasteiger partial charge in [-0.05, 0) is 31.2 Å². The molecule has 130 valence electrons. The van der Waals surface area contributed by atoms with E-state index in [0.29, 0.717) is 24.4 Å². The lowest BCUT2D eigenvalue weighted by Crippen LogP contribution is -2.49. The van der Waals surface area contributed by atoms with Gasteiger partial charge in [-0.25, -0.2) is 0 Å². The molecule has 1 amide bonds. The molecule has 2 heterocycles. The number of piperazine rings is 1. The Balaban J connectivity index is 1.42. The fourth-order valence-electron chi connectivity index (χ4n) is 2.74. The molecule has 25 heavy (non-hydrogen) atoms. The van der Waals surface area contributed by atoms with Crippen molar-refractivity contribution in [2.24, 2.45) is 0 Å². The monoisotopic (exact) mass is 340 g/mol. The number of hydrogen-bond donors (Lipinski definition) is 0. The van der Waals surface area contributed by atoms with Crippen molar-refractivity contribution >= 4 is 5.91 Å². The maximum Gasteiger partial charge on any atom is 0.260 e. The van der Waals surface area contributed by atoms with Crippen LogP contribution in [0.15, 0.2) is 34.9 Å². The van der Waals surface area contributed by atoms with Crippen LogP contribution in [0.3, 0.4) is 0 Å². The molecule has 0 spiro atoms. The van der Waals surface area contributed by atoms with Gasteiger partial charge in [0, 0.05) is 38.8 Å². The van der Waals surface area contributed by atoms with E-state index in [-0.39, 0.29) is 12.5 Å². The molecule has 0 bridgehead atoms. The molecule has 1 aromatic carbocycles. The summed E-state index contributed by atoms with van der Waals surface area (Å²) in [5, 5.41) is 12.8. The first-order chi connectivity index (χ1) is 12.1. The number of aryl methyl sites for hydroxylation is 1. The maximum atomic E-state index is 12.3. The van der Waals surface area contributed by atoms with Crippen LogP contribution in [0.1, 0.15) is 17.0 Å². The van der Waals surface area contributed by atoms with Gasteiger partial charge in [0.25, 0.3) is 5.91 Å². The molecule has 1 aliphatic heterocycles. The standard InChI is InChI=1S/C18H20N4O3/c1-14-10-16(20-25-14)12-21-6-8-22(9-7-21)18(23)13-24-17-4-2-15(11-19)3-5-17/h2-5,10H,6-9,12-13H2,1H3. The third kappa shape index (κ3) is 4.58. The Morgan fingerprint density at radius 1 is 1.28 bits per heavy atom. The highest BCUT2D eigenvalue weighted by Crippen LogP contribution is 2.13. The number of carbonyl (C=O) groups excluding carboxylic acids is 1. The summed E-state index contributed by atoms with van der Waals surface area (Å²) in [6, 6.07) is 10.7. The van der Waals surface area contributed by atoms with Gasteiger partial charge in [0.1, 0.15) is 11.5 Å². The van der Waals surface area contributed by atoms with Crippen LogP contribution < -0.4 is 4.74 Å². The number of rotatable bonds is 5. The number of amides is 1. The third-order valence-electron chi connectivity index (χ3n) is 4.13. The van der Waals surface area contributed by atoms with Crippen LogP contribution in [0.2, 0.25) is 0 Å². The number of benzene rings is 1. The molecule has 7 heteroatoms. The molecule has 0 aliphatic carbocycles. The zero-order valence-electron chi connectivity index (χ0n) is 14.1. The lowest BCUT2D eigenvalue weighted by atomic mass is 10.2. The van der Waals surface area contributed by atoms with Crippen molar-refractivity contribution in [3.8, 4) is 11.8 Å². The van der Waals surface area contributed by atoms with E-state index in [1.807, 2.05) is 24.0 Å². The van der Waals surface area contributed by atoms with Crippen molar-refractivity contribution in [2.75, 3.05) is 32.8 Å². The number of ether oxygens (including phenoxy) is 1. The lowest BCUT2D eigenvalue weighted by Gasteiger charge is -2.34. The number of carbonyl (C=O) groups is 1. The van der Waals surface area contributed by atoms with E-state index in [9.17, 15) is 4.79 Å². The predicted molar refractivity (Wildman–Crippen MR) is 89.7 cm³/mol. The van der Waals surface area contributed by atoms with Gasteiger partial charge >= 0.3 is 0 Å². The first kappa shape index (κ1) is 17.0. The molecule has 3 rings (SSSR count). The fourth-order valence-corrected chi connectivity index (χ4v) is 2.74. The minimum atomic E-state index is -0.0266. The van der Waals surface area contributed by atoms with Crippen molar-refractivity contribution < 1.29 is 14.1 Å². The maximum absolute atomic E-state index is 12.3. The van der Waals surface area contributed by atoms with Gasteiger partial charge in [-0.3, -0.25) is 9.69 Å². The molecular weight excluding hydrogens is 320 g/mol. The average molecular weight is 340 g/mol. The normalized spacial score (nSPS) is 15.0. The smallest absolute Gasteiger partial charge is 0.260 e. The van der Waals surface area contributed by atoms with E-state index in [0.717, 1.165) is 31.1 Å². The Morgan fingerprint density at radius 3 is 2.60 bits per heavy atom. The molecule has 0 N–H and O–H groups in total. The van der Waals surface area contributed by atoms with Gasteiger partial charge in [-0.15, -0.1) is 0 Å². The van der Waals surface area contributed by atoms with Crippen LogP contribution in [-0.2, 0) is 11.3 Å². The Labute approximate surface area is 146 Å². The average Bonchev–Trinajstić information content (AvgIpc) is 3.05. The van der Waals surface area contributed by atoms with Crippen LogP contribution in [0, 0.1) is 18.3 Å². The van der Waals surface area contributed by atoms with E-state index in [2.05, 4.69) is 10.1 Å². The molecular formula is C18H20N4O3. The minimum absolute atomic E-state index is 0.00831. The minimum Gasteiger partial charge on any atom is -0.484 e. The third-order valence-corrected chi connectivity index (χ3v) is 4.13. The van der Waals surface area contributed by atoms with Crippen LogP contribution in [-0.4, -0.2) is 53.6 Å². The molecule has 0 unspecified atom stereocenters. The van der Waals surface area contributed by atoms with Crippen molar-refractivity contribution in [1.82, 2.24) is 15.0 Å². The second-order valence-corrected chi connectivity index (χ2v) is 6.01. The largest absolute Gasteiger partial charge is 0.484 e. The topological polar surface area (TPSA) is 82.6 Å². The first-order valence-electron chi connectivity index (χ1n) is 8.19. The lowest BCUT2D eigenvalue weighted by molar-refractivity contribution is -0.135. The zero-order chi connectivity index (χ0) is 17.6. The summed E-state index contributed by atoms with van der Waals surface area (Å²) in [7, 11) is 0. The summed E-state index contributed by atoms with van der Waals surface area (Å²) >= 11 is 0. The summed E-state index contributed by atoms with van der Waals surface area (Å²) in [6.07, 6.45) is 0. The van der Waals surface area contributed by atoms with Crippen LogP contribution in [0.25, 0.3) is 0 Å². The van der Waals surface area contributed by atoms with E-state index < -0.39 is 0 Å². The molecule has 1 saturated heterocycles. The summed E-state index contributed by atoms with van der Waals surface area (Å²) < 4.78 is 10.6. The summed E-state index contributed by atoms with van der Waals surface area (Å²) in [5.74, 6) is 1.37. The molecule has 1 aromatic heterocycles. The SMILES string of the molecule is Cc1cc(CN2CCN(C(=O)COc3ccc(C#N)cc3)CC2)no1. The Kier molecular flexibility index (Phi) is 5.31. The molecule has 2 aromatic rings. The van der Waals surface area contributed by atoms with E-state index in [1.165, 1.54) is 0 Å². The fraction of sp³-hybridized carbons (Fsp3) is 0.389. The molecule has 0 saturated carbocycles. The first-order valence-corrected chi connectivity index (χ1v) is 8.19. The Hall–Kier alpha value is -2.85. The van der Waals surface area contributed by atoms with Crippen molar-refractivity contribution in [2.45, 2.75) is 13.5 Å². The number of aromatic nitrogens is 1. The number of nitriles is 1. The van der Waals surface area contributed by atoms with E-state index >= 15 is 0 Å². The Bertz CT molecular complexity index is 755. The molecule has 1 aliphatic rings. The second kappa shape index (κ2) is 7.81. The summed E-state index contributed by atoms with van der Waals surface area (Å²) in [5.41, 5.74) is 1.48. The van der Waals surface area contributed by atoms with Crippen molar-refractivity contribution in [3.63, 3.8) is 0 Å². The van der Waals surface area contributed by atoms with Gasteiger partial charge < -0.3 is 14.2 Å². The second-order valence-electron chi connectivity index (χ2n) is 6.01. The summed E-state index contributed by atoms with van der Waals surface area (Å²) in [4.78, 5) is 16.3. The van der Waals surface area contributed by atoms with Gasteiger partial charge in [-0.2, -0.15) is 5.26 Å². The van der Waals surface area contributed by atoms with Gasteiger partial charge in [0.05, 0.1) is 17.3 Å². The van der Waals surface area contributed by atoms with Crippen LogP contribution >= 0.6 is 0 Å². The van der Waals surface area contributed by atoms with Gasteiger partial charge in [0.15, 0.2) is 6.61 Å². The van der Waals surface area contributed by atoms with Crippen molar-refractivity contribution in [3.05, 3.63) is 47.3 Å². The molecule has 0 radical (unpaired) electrons. The number of hydrogen-bond acceptors (Lipinski definition) is 6. The van der Waals surface area contributed by atoms with Gasteiger partial charge in [-0.1, -0.05) is 5.16 Å². The molecule has 7 nitrogen and oxygen atoms in total. The van der Waals surface area contributed by atoms with Crippen LogP contribution in [0.5, 0.6) is 5.75 Å². The predicted octanol–water partition coefficient (Wildman–Crippen LogP) is 1.58. The van der Waals surface area contributed by atoms with Gasteiger partial charge in [0.2, 0.25) is 0 Å². The molecule has 1 fully saturated rings. The number of nitrogens with zero attached hydrogens (tertiary/aromatic N) is 4. The highest BCUT2D eigenvalue weighted by Gasteiger charge is 2.22. The summed E-state index contributed by atoms with van der Waals surface area (Å²) in [6.45, 7) is 5.57. The van der Waals surface area contributed by atoms with E-state index in [1.54, 1.807) is 24.3 Å². The highest BCUT2D eigenvalue weighted by molar-refractivity contribution is 5.77. The van der Waals surface area contributed by atoms with E-state index in [4.69, 9.17) is 14.5 Å². The Morgan fingerprint density at radius 2 is 2.00 bits per heavy atom. The highest BCUT2D eigenvalue weighted by atomic mass is 16.5. The molecule has 0 atom stereocenters. The quantitative estimate of drug-likeness (QED) is 0.822. The van der Waals surface area contributed by atoms with Crippen LogP contribution in [0.4, 0.5) is 0 Å². The van der Waals surface area contributed by atoms with Crippen molar-refractivity contribution in [1.29, 1.82) is 5.26 Å². The zero-order valence-corrected chi connectivity index (χ0v) is 14.1.